The summed E-state index contributed by atoms with van der Waals surface area (Å²) in [6, 6.07) is 6.90. The lowest BCUT2D eigenvalue weighted by atomic mass is 10.3. The highest BCUT2D eigenvalue weighted by molar-refractivity contribution is 5.88. The number of amides is 2. The van der Waals surface area contributed by atoms with Gasteiger partial charge in [0.15, 0.2) is 6.61 Å². The molecule has 6 nitrogen and oxygen atoms in total. The Morgan fingerprint density at radius 1 is 1.14 bits per heavy atom. The van der Waals surface area contributed by atoms with E-state index in [0.717, 1.165) is 19.6 Å². The average Bonchev–Trinajstić information content (AvgIpc) is 2.50. The molecular weight excluding hydrogens is 282 g/mol. The summed E-state index contributed by atoms with van der Waals surface area (Å²) in [6.07, 6.45) is 0. The van der Waals surface area contributed by atoms with Crippen LogP contribution >= 0.6 is 0 Å². The number of carbonyl (C=O) groups excluding carboxylic acids is 2. The van der Waals surface area contributed by atoms with Gasteiger partial charge in [-0.05, 0) is 37.4 Å². The van der Waals surface area contributed by atoms with Crippen molar-refractivity contribution < 1.29 is 14.3 Å². The maximum Gasteiger partial charge on any atom is 0.257 e. The van der Waals surface area contributed by atoms with E-state index in [9.17, 15) is 9.59 Å². The smallest absolute Gasteiger partial charge is 0.257 e. The lowest BCUT2D eigenvalue weighted by Gasteiger charge is -2.18. The number of nitrogens with one attached hydrogen (secondary N) is 2. The number of rotatable bonds is 9. The van der Waals surface area contributed by atoms with Gasteiger partial charge in [0.05, 0.1) is 0 Å². The van der Waals surface area contributed by atoms with E-state index < -0.39 is 0 Å². The maximum atomic E-state index is 11.7. The van der Waals surface area contributed by atoms with Gasteiger partial charge >= 0.3 is 0 Å². The van der Waals surface area contributed by atoms with Crippen LogP contribution in [0.1, 0.15) is 20.8 Å². The summed E-state index contributed by atoms with van der Waals surface area (Å²) >= 11 is 0. The summed E-state index contributed by atoms with van der Waals surface area (Å²) in [5.41, 5.74) is 0.698. The van der Waals surface area contributed by atoms with E-state index in [4.69, 9.17) is 4.74 Å². The van der Waals surface area contributed by atoms with Crippen molar-refractivity contribution in [3.8, 4) is 5.75 Å². The third-order valence-corrected chi connectivity index (χ3v) is 3.19. The molecule has 0 aliphatic rings. The van der Waals surface area contributed by atoms with Crippen LogP contribution in [0.5, 0.6) is 5.75 Å². The third-order valence-electron chi connectivity index (χ3n) is 3.19. The minimum Gasteiger partial charge on any atom is -0.484 e. The molecular formula is C16H25N3O3. The summed E-state index contributed by atoms with van der Waals surface area (Å²) in [4.78, 5) is 24.8. The highest BCUT2D eigenvalue weighted by Crippen LogP contribution is 2.15. The standard InChI is InChI=1S/C16H25N3O3/c1-4-19(5-2)11-10-17-16(21)12-22-15-8-6-14(7-9-15)18-13(3)20/h6-9H,4-5,10-12H2,1-3H3,(H,17,21)(H,18,20). The van der Waals surface area contributed by atoms with Gasteiger partial charge in [-0.25, -0.2) is 0 Å². The fraction of sp³-hybridized carbons (Fsp3) is 0.500. The van der Waals surface area contributed by atoms with E-state index in [-0.39, 0.29) is 18.4 Å². The van der Waals surface area contributed by atoms with Crippen LogP contribution in [0, 0.1) is 0 Å². The molecule has 2 amide bonds. The first kappa shape index (κ1) is 18.0. The van der Waals surface area contributed by atoms with Crippen molar-refractivity contribution in [2.24, 2.45) is 0 Å². The second-order valence-electron chi connectivity index (χ2n) is 4.87. The van der Waals surface area contributed by atoms with Crippen molar-refractivity contribution in [1.29, 1.82) is 0 Å². The number of hydrogen-bond acceptors (Lipinski definition) is 4. The minimum absolute atomic E-state index is 0.0161. The van der Waals surface area contributed by atoms with E-state index in [1.807, 2.05) is 0 Å². The minimum atomic E-state index is -0.141. The fourth-order valence-corrected chi connectivity index (χ4v) is 1.93. The first-order chi connectivity index (χ1) is 10.5. The van der Waals surface area contributed by atoms with Crippen LogP contribution in [-0.2, 0) is 9.59 Å². The molecule has 0 aromatic heterocycles. The number of likely N-dealkylation sites (N-methyl/N-ethyl adjacent to an activating group) is 1. The molecule has 0 bridgehead atoms. The first-order valence-corrected chi connectivity index (χ1v) is 7.54. The Morgan fingerprint density at radius 3 is 2.32 bits per heavy atom. The summed E-state index contributed by atoms with van der Waals surface area (Å²) in [5, 5.41) is 5.49. The van der Waals surface area contributed by atoms with Crippen molar-refractivity contribution in [3.63, 3.8) is 0 Å². The summed E-state index contributed by atoms with van der Waals surface area (Å²) in [7, 11) is 0. The second kappa shape index (κ2) is 9.78. The first-order valence-electron chi connectivity index (χ1n) is 7.54. The third kappa shape index (κ3) is 7.08. The average molecular weight is 307 g/mol. The molecule has 0 saturated heterocycles. The van der Waals surface area contributed by atoms with E-state index in [2.05, 4.69) is 29.4 Å². The van der Waals surface area contributed by atoms with Crippen molar-refractivity contribution >= 4 is 17.5 Å². The van der Waals surface area contributed by atoms with Gasteiger partial charge < -0.3 is 20.3 Å². The number of hydrogen-bond donors (Lipinski definition) is 2. The molecule has 2 N–H and O–H groups in total. The molecule has 1 rings (SSSR count). The largest absolute Gasteiger partial charge is 0.484 e. The molecule has 0 aliphatic heterocycles. The molecule has 0 radical (unpaired) electrons. The summed E-state index contributed by atoms with van der Waals surface area (Å²) in [6.45, 7) is 9.03. The molecule has 22 heavy (non-hydrogen) atoms. The van der Waals surface area contributed by atoms with Gasteiger partial charge in [0.25, 0.3) is 5.91 Å². The lowest BCUT2D eigenvalue weighted by molar-refractivity contribution is -0.123. The molecule has 122 valence electrons. The van der Waals surface area contributed by atoms with Gasteiger partial charge in [0, 0.05) is 25.7 Å². The van der Waals surface area contributed by atoms with Crippen LogP contribution in [0.25, 0.3) is 0 Å². The SMILES string of the molecule is CCN(CC)CCNC(=O)COc1ccc(NC(C)=O)cc1. The molecule has 0 aliphatic carbocycles. The Bertz CT molecular complexity index is 470. The van der Waals surface area contributed by atoms with Gasteiger partial charge in [-0.1, -0.05) is 13.8 Å². The predicted octanol–water partition coefficient (Wildman–Crippen LogP) is 1.48. The number of ether oxygens (including phenoxy) is 1. The molecule has 0 saturated carbocycles. The lowest BCUT2D eigenvalue weighted by Crippen LogP contribution is -2.36. The Labute approximate surface area is 131 Å². The van der Waals surface area contributed by atoms with Crippen LogP contribution < -0.4 is 15.4 Å². The Kier molecular flexibility index (Phi) is 7.99. The molecule has 1 aromatic carbocycles. The predicted molar refractivity (Wildman–Crippen MR) is 87.0 cm³/mol. The van der Waals surface area contributed by atoms with Crippen molar-refractivity contribution in [2.45, 2.75) is 20.8 Å². The van der Waals surface area contributed by atoms with Crippen molar-refractivity contribution in [1.82, 2.24) is 10.2 Å². The summed E-state index contributed by atoms with van der Waals surface area (Å²) in [5.74, 6) is 0.326. The normalized spacial score (nSPS) is 10.4. The molecule has 0 atom stereocenters. The Balaban J connectivity index is 2.27. The van der Waals surface area contributed by atoms with E-state index in [1.165, 1.54) is 6.92 Å². The van der Waals surface area contributed by atoms with Gasteiger partial charge in [-0.15, -0.1) is 0 Å². The zero-order valence-corrected chi connectivity index (χ0v) is 13.5. The van der Waals surface area contributed by atoms with Crippen molar-refractivity contribution in [2.75, 3.05) is 38.1 Å². The number of carbonyl (C=O) groups is 2. The maximum absolute atomic E-state index is 11.7. The Hall–Kier alpha value is -2.08. The summed E-state index contributed by atoms with van der Waals surface area (Å²) < 4.78 is 5.40. The molecule has 0 heterocycles. The highest BCUT2D eigenvalue weighted by atomic mass is 16.5. The number of nitrogens with zero attached hydrogens (tertiary/aromatic N) is 1. The molecule has 0 unspecified atom stereocenters. The Morgan fingerprint density at radius 2 is 1.77 bits per heavy atom. The number of anilines is 1. The topological polar surface area (TPSA) is 70.7 Å². The van der Waals surface area contributed by atoms with Crippen molar-refractivity contribution in [3.05, 3.63) is 24.3 Å². The van der Waals surface area contributed by atoms with Crippen LogP contribution in [0.4, 0.5) is 5.69 Å². The van der Waals surface area contributed by atoms with Crippen LogP contribution in [0.3, 0.4) is 0 Å². The van der Waals surface area contributed by atoms with E-state index in [1.54, 1.807) is 24.3 Å². The van der Waals surface area contributed by atoms with Gasteiger partial charge in [-0.2, -0.15) is 0 Å². The molecule has 1 aromatic rings. The molecule has 0 spiro atoms. The van der Waals surface area contributed by atoms with Gasteiger partial charge in [-0.3, -0.25) is 9.59 Å². The van der Waals surface area contributed by atoms with Gasteiger partial charge in [0.2, 0.25) is 5.91 Å². The molecule has 0 fully saturated rings. The zero-order valence-electron chi connectivity index (χ0n) is 13.5. The van der Waals surface area contributed by atoms with E-state index in [0.29, 0.717) is 18.0 Å². The fourth-order valence-electron chi connectivity index (χ4n) is 1.93. The van der Waals surface area contributed by atoms with E-state index >= 15 is 0 Å². The number of benzene rings is 1. The van der Waals surface area contributed by atoms with Crippen LogP contribution in [0.15, 0.2) is 24.3 Å². The van der Waals surface area contributed by atoms with Crippen LogP contribution in [0.2, 0.25) is 0 Å². The zero-order chi connectivity index (χ0) is 16.4. The van der Waals surface area contributed by atoms with Gasteiger partial charge in [0.1, 0.15) is 5.75 Å². The van der Waals surface area contributed by atoms with Crippen LogP contribution in [-0.4, -0.2) is 49.5 Å². The highest BCUT2D eigenvalue weighted by Gasteiger charge is 2.04. The second-order valence-corrected chi connectivity index (χ2v) is 4.87. The monoisotopic (exact) mass is 307 g/mol. The molecule has 6 heteroatoms. The quantitative estimate of drug-likeness (QED) is 0.725.